The molecule has 0 bridgehead atoms. The van der Waals surface area contributed by atoms with Gasteiger partial charge in [0.2, 0.25) is 5.78 Å². The number of ether oxygens (including phenoxy) is 1. The molecule has 4 rings (SSSR count). The van der Waals surface area contributed by atoms with Gasteiger partial charge < -0.3 is 10.1 Å². The molecule has 1 aliphatic heterocycles. The van der Waals surface area contributed by atoms with Crippen LogP contribution >= 0.6 is 11.8 Å². The van der Waals surface area contributed by atoms with Crippen LogP contribution in [0.2, 0.25) is 0 Å². The molecular formula is C24H18N2O4S. The van der Waals surface area contributed by atoms with Crippen molar-refractivity contribution < 1.29 is 14.3 Å². The van der Waals surface area contributed by atoms with Crippen molar-refractivity contribution in [3.05, 3.63) is 92.7 Å². The highest BCUT2D eigenvalue weighted by Crippen LogP contribution is 2.41. The maximum Gasteiger partial charge on any atom is 0.344 e. The van der Waals surface area contributed by atoms with Crippen LogP contribution in [0.15, 0.2) is 87.4 Å². The summed E-state index contributed by atoms with van der Waals surface area (Å²) in [6.45, 7) is 1.86. The molecule has 6 nitrogen and oxygen atoms in total. The quantitative estimate of drug-likeness (QED) is 0.231. The summed E-state index contributed by atoms with van der Waals surface area (Å²) in [4.78, 5) is 36.6. The van der Waals surface area contributed by atoms with Crippen LogP contribution in [0.1, 0.15) is 12.5 Å². The van der Waals surface area contributed by atoms with E-state index < -0.39 is 11.8 Å². The van der Waals surface area contributed by atoms with Crippen molar-refractivity contribution in [1.82, 2.24) is 0 Å². The van der Waals surface area contributed by atoms with E-state index in [2.05, 4.69) is 10.5 Å². The summed E-state index contributed by atoms with van der Waals surface area (Å²) in [6.07, 6.45) is 1.68. The van der Waals surface area contributed by atoms with E-state index in [0.29, 0.717) is 15.6 Å². The molecule has 3 aromatic carbocycles. The predicted molar refractivity (Wildman–Crippen MR) is 124 cm³/mol. The molecule has 1 N–H and O–H groups in total. The van der Waals surface area contributed by atoms with Crippen molar-refractivity contribution in [3.63, 3.8) is 0 Å². The number of carbonyl (C=O) groups is 2. The third-order valence-corrected chi connectivity index (χ3v) is 5.74. The Morgan fingerprint density at radius 2 is 1.81 bits per heavy atom. The zero-order valence-corrected chi connectivity index (χ0v) is 17.4. The first kappa shape index (κ1) is 20.6. The summed E-state index contributed by atoms with van der Waals surface area (Å²) >= 11 is 1.18. The van der Waals surface area contributed by atoms with E-state index in [1.54, 1.807) is 37.3 Å². The van der Waals surface area contributed by atoms with Crippen molar-refractivity contribution in [3.8, 4) is 0 Å². The normalized spacial score (nSPS) is 14.9. The molecule has 1 aliphatic rings. The fraction of sp³-hybridized carbons (Fsp3) is 0.0833. The topological polar surface area (TPSA) is 84.8 Å². The third-order valence-electron chi connectivity index (χ3n) is 4.70. The van der Waals surface area contributed by atoms with Gasteiger partial charge in [0.25, 0.3) is 0 Å². The molecule has 7 heteroatoms. The van der Waals surface area contributed by atoms with E-state index in [-0.39, 0.29) is 12.2 Å². The lowest BCUT2D eigenvalue weighted by Crippen LogP contribution is -2.16. The first-order chi connectivity index (χ1) is 15.1. The molecule has 0 spiro atoms. The first-order valence-corrected chi connectivity index (χ1v) is 10.5. The van der Waals surface area contributed by atoms with E-state index in [1.165, 1.54) is 11.8 Å². The van der Waals surface area contributed by atoms with Gasteiger partial charge in [0.05, 0.1) is 16.5 Å². The van der Waals surface area contributed by atoms with Gasteiger partial charge in [0.15, 0.2) is 0 Å². The van der Waals surface area contributed by atoms with Crippen LogP contribution in [0.5, 0.6) is 0 Å². The van der Waals surface area contributed by atoms with Crippen LogP contribution in [0, 0.1) is 4.91 Å². The van der Waals surface area contributed by atoms with E-state index in [0.717, 1.165) is 22.0 Å². The fourth-order valence-corrected chi connectivity index (χ4v) is 4.29. The van der Waals surface area contributed by atoms with E-state index >= 15 is 0 Å². The maximum atomic E-state index is 13.1. The summed E-state index contributed by atoms with van der Waals surface area (Å²) in [7, 11) is 0. The third kappa shape index (κ3) is 4.27. The highest BCUT2D eigenvalue weighted by atomic mass is 32.2. The summed E-state index contributed by atoms with van der Waals surface area (Å²) in [5.41, 5.74) is 1.80. The molecule has 0 aromatic heterocycles. The monoisotopic (exact) mass is 430 g/mol. The molecule has 3 aromatic rings. The molecule has 0 aliphatic carbocycles. The Hall–Kier alpha value is -3.71. The van der Waals surface area contributed by atoms with E-state index in [9.17, 15) is 14.5 Å². The minimum absolute atomic E-state index is 0.0165. The van der Waals surface area contributed by atoms with Crippen LogP contribution in [0.4, 0.5) is 11.4 Å². The molecule has 0 fully saturated rings. The Bertz CT molecular complexity index is 1240. The molecule has 0 unspecified atom stereocenters. The van der Waals surface area contributed by atoms with Gasteiger partial charge in [0, 0.05) is 11.1 Å². The maximum absolute atomic E-state index is 13.1. The largest absolute Gasteiger partial charge is 0.462 e. The lowest BCUT2D eigenvalue weighted by molar-refractivity contribution is -0.139. The molecule has 31 heavy (non-hydrogen) atoms. The number of rotatable bonds is 6. The molecule has 1 heterocycles. The summed E-state index contributed by atoms with van der Waals surface area (Å²) < 4.78 is 5.14. The highest BCUT2D eigenvalue weighted by molar-refractivity contribution is 8.08. The van der Waals surface area contributed by atoms with Gasteiger partial charge in [-0.05, 0) is 47.3 Å². The number of nitroso groups, excluding NO2 is 1. The molecule has 0 saturated carbocycles. The number of hydrogen-bond acceptors (Lipinski definition) is 7. The summed E-state index contributed by atoms with van der Waals surface area (Å²) in [5, 5.41) is 8.58. The van der Waals surface area contributed by atoms with Gasteiger partial charge in [-0.25, -0.2) is 4.79 Å². The second-order valence-electron chi connectivity index (χ2n) is 6.70. The molecule has 0 radical (unpaired) electrons. The number of Topliss-reactive ketones (excluding diaryl/α,β-unsaturated/α-hetero) is 1. The Balaban J connectivity index is 1.71. The standard InChI is InChI=1S/C24H18N2O4S/c1-2-30-24(28)21-22(27)20(14-15-10-12-17(26-29)13-11-15)31-23(21)25-19-9-5-7-16-6-3-4-8-18(16)19/h3-14,25H,2H2,1H3/b20-14-. The molecule has 0 atom stereocenters. The van der Waals surface area contributed by atoms with Crippen molar-refractivity contribution in [2.75, 3.05) is 11.9 Å². The average Bonchev–Trinajstić information content (AvgIpc) is 3.09. The average molecular weight is 430 g/mol. The smallest absolute Gasteiger partial charge is 0.344 e. The van der Waals surface area contributed by atoms with Gasteiger partial charge in [0.1, 0.15) is 11.3 Å². The van der Waals surface area contributed by atoms with Gasteiger partial charge in [-0.15, -0.1) is 4.91 Å². The van der Waals surface area contributed by atoms with Crippen molar-refractivity contribution in [2.45, 2.75) is 6.92 Å². The predicted octanol–water partition coefficient (Wildman–Crippen LogP) is 5.78. The number of nitrogens with one attached hydrogen (secondary N) is 1. The van der Waals surface area contributed by atoms with Crippen LogP contribution in [-0.2, 0) is 14.3 Å². The Morgan fingerprint density at radius 1 is 1.06 bits per heavy atom. The van der Waals surface area contributed by atoms with Crippen molar-refractivity contribution in [2.24, 2.45) is 5.18 Å². The second-order valence-corrected chi connectivity index (χ2v) is 7.75. The number of anilines is 1. The Morgan fingerprint density at radius 3 is 2.55 bits per heavy atom. The lowest BCUT2D eigenvalue weighted by Gasteiger charge is -2.11. The summed E-state index contributed by atoms with van der Waals surface area (Å²) in [5.74, 6) is -1.06. The molecule has 0 amide bonds. The molecule has 0 saturated heterocycles. The van der Waals surface area contributed by atoms with Gasteiger partial charge in [-0.1, -0.05) is 60.3 Å². The number of nitrogens with zero attached hydrogens (tertiary/aromatic N) is 1. The van der Waals surface area contributed by atoms with Crippen molar-refractivity contribution in [1.29, 1.82) is 0 Å². The van der Waals surface area contributed by atoms with Crippen LogP contribution in [0.25, 0.3) is 16.8 Å². The number of fused-ring (bicyclic) bond motifs is 1. The highest BCUT2D eigenvalue weighted by Gasteiger charge is 2.35. The number of carbonyl (C=O) groups excluding carboxylic acids is 2. The number of thioether (sulfide) groups is 1. The minimum atomic E-state index is -0.661. The Labute approximate surface area is 183 Å². The first-order valence-electron chi connectivity index (χ1n) is 9.64. The number of allylic oxidation sites excluding steroid dienone is 1. The van der Waals surface area contributed by atoms with Crippen LogP contribution < -0.4 is 5.32 Å². The number of benzene rings is 3. The van der Waals surface area contributed by atoms with Gasteiger partial charge in [-0.2, -0.15) is 0 Å². The van der Waals surface area contributed by atoms with Gasteiger partial charge >= 0.3 is 5.97 Å². The van der Waals surface area contributed by atoms with Crippen LogP contribution in [-0.4, -0.2) is 18.4 Å². The summed E-state index contributed by atoms with van der Waals surface area (Å²) in [6, 6.07) is 20.2. The zero-order chi connectivity index (χ0) is 21.8. The zero-order valence-electron chi connectivity index (χ0n) is 16.6. The van der Waals surface area contributed by atoms with Gasteiger partial charge in [-0.3, -0.25) is 4.79 Å². The van der Waals surface area contributed by atoms with E-state index in [4.69, 9.17) is 4.74 Å². The number of hydrogen-bond donors (Lipinski definition) is 1. The molecular weight excluding hydrogens is 412 g/mol. The SMILES string of the molecule is CCOC(=O)C1=C(Nc2cccc3ccccc23)S/C(=C\c2ccc(N=O)cc2)C1=O. The van der Waals surface area contributed by atoms with Crippen molar-refractivity contribution >= 4 is 51.7 Å². The number of esters is 1. The number of ketones is 1. The Kier molecular flexibility index (Phi) is 5.95. The van der Waals surface area contributed by atoms with Crippen LogP contribution in [0.3, 0.4) is 0 Å². The molecule has 154 valence electrons. The van der Waals surface area contributed by atoms with E-state index in [1.807, 2.05) is 42.5 Å². The minimum Gasteiger partial charge on any atom is -0.462 e. The second kappa shape index (κ2) is 8.97. The fourth-order valence-electron chi connectivity index (χ4n) is 3.24. The lowest BCUT2D eigenvalue weighted by atomic mass is 10.1.